The average Bonchev–Trinajstić information content (AvgIpc) is 2.77. The van der Waals surface area contributed by atoms with Gasteiger partial charge in [0.2, 0.25) is 0 Å². The summed E-state index contributed by atoms with van der Waals surface area (Å²) < 4.78 is 12.5. The third-order valence-electron chi connectivity index (χ3n) is 5.82. The zero-order chi connectivity index (χ0) is 24.4. The first-order valence-electron chi connectivity index (χ1n) is 12.7. The Labute approximate surface area is 202 Å². The number of phenolic OH excluding ortho intramolecular Hbond substituents is 2. The minimum Gasteiger partial charge on any atom is -0.507 e. The van der Waals surface area contributed by atoms with E-state index in [1.54, 1.807) is 0 Å². The summed E-state index contributed by atoms with van der Waals surface area (Å²) in [6, 6.07) is 7.99. The second kappa shape index (κ2) is 12.9. The van der Waals surface area contributed by atoms with Gasteiger partial charge in [-0.2, -0.15) is 0 Å². The Hall–Kier alpha value is -2.14. The lowest BCUT2D eigenvalue weighted by atomic mass is 10.0. The standard InChI is InChI=1S/C28H44O4Si/c1-7-11-21-15-25(16-22(12-8-2)27(21)29)31-19-33(5,6)20-32-26-17-23(13-9-3)28(30)24(18-26)14-10-4/h15-18,29-30H,7-14,19-20H2,1-6H3. The van der Waals surface area contributed by atoms with E-state index in [1.807, 2.05) is 24.3 Å². The van der Waals surface area contributed by atoms with Crippen LogP contribution in [0, 0.1) is 0 Å². The lowest BCUT2D eigenvalue weighted by molar-refractivity contribution is 0.342. The van der Waals surface area contributed by atoms with Gasteiger partial charge in [0.25, 0.3) is 0 Å². The number of aryl methyl sites for hydroxylation is 4. The third kappa shape index (κ3) is 7.99. The Morgan fingerprint density at radius 2 is 0.848 bits per heavy atom. The molecule has 0 radical (unpaired) electrons. The lowest BCUT2D eigenvalue weighted by Gasteiger charge is -2.24. The smallest absolute Gasteiger partial charge is 0.136 e. The Bertz CT molecular complexity index is 766. The highest BCUT2D eigenvalue weighted by atomic mass is 28.3. The maximum atomic E-state index is 10.6. The second-order valence-electron chi connectivity index (χ2n) is 9.92. The van der Waals surface area contributed by atoms with Crippen LogP contribution < -0.4 is 9.47 Å². The predicted octanol–water partition coefficient (Wildman–Crippen LogP) is 7.15. The van der Waals surface area contributed by atoms with Crippen LogP contribution in [0.25, 0.3) is 0 Å². The van der Waals surface area contributed by atoms with Gasteiger partial charge in [-0.05, 0) is 72.2 Å². The van der Waals surface area contributed by atoms with Crippen molar-refractivity contribution >= 4 is 8.07 Å². The summed E-state index contributed by atoms with van der Waals surface area (Å²) in [6.45, 7) is 13.0. The second-order valence-corrected chi connectivity index (χ2v) is 14.8. The fraction of sp³-hybridized carbons (Fsp3) is 0.571. The van der Waals surface area contributed by atoms with E-state index in [0.29, 0.717) is 24.0 Å². The van der Waals surface area contributed by atoms with Crippen LogP contribution in [-0.4, -0.2) is 30.7 Å². The molecule has 0 unspecified atom stereocenters. The number of hydrogen-bond acceptors (Lipinski definition) is 4. The Morgan fingerprint density at radius 3 is 1.09 bits per heavy atom. The maximum absolute atomic E-state index is 10.6. The molecule has 2 rings (SSSR count). The molecule has 184 valence electrons. The number of phenols is 2. The first kappa shape index (κ1) is 27.1. The molecule has 2 aromatic carbocycles. The van der Waals surface area contributed by atoms with Crippen LogP contribution in [0.15, 0.2) is 24.3 Å². The summed E-state index contributed by atoms with van der Waals surface area (Å²) >= 11 is 0. The molecule has 0 aliphatic carbocycles. The quantitative estimate of drug-likeness (QED) is 0.287. The first-order valence-corrected chi connectivity index (χ1v) is 16.1. The van der Waals surface area contributed by atoms with Crippen LogP contribution in [-0.2, 0) is 25.7 Å². The third-order valence-corrected chi connectivity index (χ3v) is 7.67. The van der Waals surface area contributed by atoms with Gasteiger partial charge < -0.3 is 19.7 Å². The van der Waals surface area contributed by atoms with E-state index in [4.69, 9.17) is 9.47 Å². The SMILES string of the molecule is CCCc1cc(OC[Si](C)(C)COc2cc(CCC)c(O)c(CCC)c2)cc(CCC)c1O. The highest BCUT2D eigenvalue weighted by Crippen LogP contribution is 2.32. The Kier molecular flexibility index (Phi) is 10.6. The number of aromatic hydroxyl groups is 2. The van der Waals surface area contributed by atoms with Gasteiger partial charge in [-0.15, -0.1) is 0 Å². The zero-order valence-electron chi connectivity index (χ0n) is 21.6. The van der Waals surface area contributed by atoms with E-state index < -0.39 is 8.07 Å². The normalized spacial score (nSPS) is 11.6. The molecule has 5 heteroatoms. The predicted molar refractivity (Wildman–Crippen MR) is 141 cm³/mol. The van der Waals surface area contributed by atoms with Gasteiger partial charge in [-0.3, -0.25) is 0 Å². The molecule has 0 atom stereocenters. The van der Waals surface area contributed by atoms with Crippen LogP contribution >= 0.6 is 0 Å². The zero-order valence-corrected chi connectivity index (χ0v) is 22.6. The minimum atomic E-state index is -1.81. The van der Waals surface area contributed by atoms with Gasteiger partial charge in [0.05, 0.1) is 12.5 Å². The van der Waals surface area contributed by atoms with E-state index in [0.717, 1.165) is 85.1 Å². The molecule has 4 nitrogen and oxygen atoms in total. The van der Waals surface area contributed by atoms with E-state index >= 15 is 0 Å². The summed E-state index contributed by atoms with van der Waals surface area (Å²) in [4.78, 5) is 0. The molecule has 0 aliphatic rings. The Morgan fingerprint density at radius 1 is 0.576 bits per heavy atom. The van der Waals surface area contributed by atoms with Crippen LogP contribution in [0.1, 0.15) is 75.6 Å². The Balaban J connectivity index is 2.10. The van der Waals surface area contributed by atoms with Crippen molar-refractivity contribution in [3.63, 3.8) is 0 Å². The topological polar surface area (TPSA) is 58.9 Å². The molecule has 0 spiro atoms. The van der Waals surface area contributed by atoms with Crippen molar-refractivity contribution in [2.45, 2.75) is 92.2 Å². The van der Waals surface area contributed by atoms with E-state index in [9.17, 15) is 10.2 Å². The summed E-state index contributed by atoms with van der Waals surface area (Å²) in [5.74, 6) is 2.56. The van der Waals surface area contributed by atoms with Crippen LogP contribution in [0.2, 0.25) is 13.1 Å². The van der Waals surface area contributed by atoms with Gasteiger partial charge in [-0.1, -0.05) is 66.5 Å². The summed E-state index contributed by atoms with van der Waals surface area (Å²) in [5, 5.41) is 21.1. The van der Waals surface area contributed by atoms with Gasteiger partial charge >= 0.3 is 0 Å². The minimum absolute atomic E-state index is 0.434. The molecule has 2 N–H and O–H groups in total. The monoisotopic (exact) mass is 472 g/mol. The molecule has 0 amide bonds. The fourth-order valence-electron chi connectivity index (χ4n) is 4.06. The van der Waals surface area contributed by atoms with Crippen molar-refractivity contribution in [1.29, 1.82) is 0 Å². The van der Waals surface area contributed by atoms with Crippen molar-refractivity contribution in [3.05, 3.63) is 46.5 Å². The lowest BCUT2D eigenvalue weighted by Crippen LogP contribution is -2.41. The molecule has 0 aliphatic heterocycles. The highest BCUT2D eigenvalue weighted by molar-refractivity contribution is 6.77. The molecule has 0 heterocycles. The molecule has 2 aromatic rings. The number of rotatable bonds is 14. The fourth-order valence-corrected chi connectivity index (χ4v) is 5.26. The largest absolute Gasteiger partial charge is 0.507 e. The van der Waals surface area contributed by atoms with E-state index in [1.165, 1.54) is 0 Å². The van der Waals surface area contributed by atoms with E-state index in [-0.39, 0.29) is 0 Å². The number of benzene rings is 2. The highest BCUT2D eigenvalue weighted by Gasteiger charge is 2.25. The van der Waals surface area contributed by atoms with Crippen molar-refractivity contribution in [2.75, 3.05) is 12.5 Å². The summed E-state index contributed by atoms with van der Waals surface area (Å²) in [6.07, 6.45) is 8.66. The average molecular weight is 473 g/mol. The molecular formula is C28H44O4Si. The van der Waals surface area contributed by atoms with Gasteiger partial charge in [0, 0.05) is 0 Å². The van der Waals surface area contributed by atoms with E-state index in [2.05, 4.69) is 40.8 Å². The molecule has 0 saturated carbocycles. The van der Waals surface area contributed by atoms with Crippen molar-refractivity contribution in [1.82, 2.24) is 0 Å². The maximum Gasteiger partial charge on any atom is 0.136 e. The summed E-state index contributed by atoms with van der Waals surface area (Å²) in [7, 11) is -1.81. The number of ether oxygens (including phenoxy) is 2. The molecule has 0 bridgehead atoms. The number of hydrogen-bond donors (Lipinski definition) is 2. The van der Waals surface area contributed by atoms with Crippen LogP contribution in [0.3, 0.4) is 0 Å². The molecular weight excluding hydrogens is 428 g/mol. The van der Waals surface area contributed by atoms with Crippen LogP contribution in [0.5, 0.6) is 23.0 Å². The molecule has 0 fully saturated rings. The van der Waals surface area contributed by atoms with Gasteiger partial charge in [0.15, 0.2) is 0 Å². The van der Waals surface area contributed by atoms with Gasteiger partial charge in [-0.25, -0.2) is 0 Å². The van der Waals surface area contributed by atoms with Crippen molar-refractivity contribution in [3.8, 4) is 23.0 Å². The first-order chi connectivity index (χ1) is 15.7. The molecule has 0 saturated heterocycles. The van der Waals surface area contributed by atoms with Crippen molar-refractivity contribution in [2.24, 2.45) is 0 Å². The van der Waals surface area contributed by atoms with Gasteiger partial charge in [0.1, 0.15) is 31.1 Å². The molecule has 0 aromatic heterocycles. The summed E-state index contributed by atoms with van der Waals surface area (Å²) in [5.41, 5.74) is 3.91. The van der Waals surface area contributed by atoms with Crippen LogP contribution in [0.4, 0.5) is 0 Å². The molecule has 33 heavy (non-hydrogen) atoms. The van der Waals surface area contributed by atoms with Crippen molar-refractivity contribution < 1.29 is 19.7 Å².